The van der Waals surface area contributed by atoms with Crippen molar-refractivity contribution in [2.75, 3.05) is 6.61 Å². The molecule has 108 valence electrons. The number of aromatic hydroxyl groups is 1. The van der Waals surface area contributed by atoms with E-state index in [0.29, 0.717) is 31.6 Å². The van der Waals surface area contributed by atoms with Gasteiger partial charge in [-0.2, -0.15) is 0 Å². The van der Waals surface area contributed by atoms with Crippen LogP contribution in [0.2, 0.25) is 0 Å². The van der Waals surface area contributed by atoms with Gasteiger partial charge >= 0.3 is 11.9 Å². The number of phenolic OH excluding ortho intramolecular Hbond substituents is 1. The number of carbonyl (C=O) groups is 2. The minimum atomic E-state index is -0.434. The van der Waals surface area contributed by atoms with Crippen molar-refractivity contribution in [3.63, 3.8) is 0 Å². The minimum Gasteiger partial charge on any atom is -0.508 e. The van der Waals surface area contributed by atoms with E-state index in [4.69, 9.17) is 14.6 Å². The number of hydrogen-bond acceptors (Lipinski definition) is 5. The molecule has 5 nitrogen and oxygen atoms in total. The van der Waals surface area contributed by atoms with Crippen LogP contribution in [0.3, 0.4) is 0 Å². The second kappa shape index (κ2) is 8.74. The molecule has 1 rings (SSSR count). The van der Waals surface area contributed by atoms with Crippen molar-refractivity contribution in [2.45, 2.75) is 25.7 Å². The zero-order chi connectivity index (χ0) is 14.8. The van der Waals surface area contributed by atoms with Crippen molar-refractivity contribution in [3.05, 3.63) is 36.9 Å². The third-order valence-electron chi connectivity index (χ3n) is 2.50. The highest BCUT2D eigenvalue weighted by atomic mass is 16.5. The minimum absolute atomic E-state index is 0.124. The maximum atomic E-state index is 11.5. The Balaban J connectivity index is 2.10. The molecule has 0 aliphatic carbocycles. The lowest BCUT2D eigenvalue weighted by molar-refractivity contribution is -0.138. The summed E-state index contributed by atoms with van der Waals surface area (Å²) in [6, 6.07) is 5.97. The van der Waals surface area contributed by atoms with Gasteiger partial charge in [-0.05, 0) is 43.5 Å². The number of esters is 2. The first-order valence-corrected chi connectivity index (χ1v) is 6.40. The van der Waals surface area contributed by atoms with Gasteiger partial charge in [-0.15, -0.1) is 0 Å². The molecule has 0 aliphatic rings. The molecular formula is C15H18O5. The topological polar surface area (TPSA) is 72.8 Å². The highest BCUT2D eigenvalue weighted by Gasteiger charge is 2.05. The molecule has 1 aromatic carbocycles. The Labute approximate surface area is 117 Å². The van der Waals surface area contributed by atoms with Gasteiger partial charge in [0.15, 0.2) is 0 Å². The number of unbranched alkanes of at least 4 members (excludes halogenated alkanes) is 2. The maximum Gasteiger partial charge on any atom is 0.330 e. The van der Waals surface area contributed by atoms with Crippen LogP contribution >= 0.6 is 0 Å². The summed E-state index contributed by atoms with van der Waals surface area (Å²) in [7, 11) is 0. The van der Waals surface area contributed by atoms with Crippen LogP contribution in [0, 0.1) is 0 Å². The largest absolute Gasteiger partial charge is 0.508 e. The predicted molar refractivity (Wildman–Crippen MR) is 73.4 cm³/mol. The standard InChI is InChI=1S/C15H18O5/c1-2-14(17)19-11-5-3-4-6-15(18)20-13-9-7-12(16)8-10-13/h2,7-10,16H,1,3-6,11H2. The lowest BCUT2D eigenvalue weighted by atomic mass is 10.2. The molecule has 1 N–H and O–H groups in total. The van der Waals surface area contributed by atoms with Crippen molar-refractivity contribution in [3.8, 4) is 11.5 Å². The van der Waals surface area contributed by atoms with Gasteiger partial charge in [-0.25, -0.2) is 4.79 Å². The molecule has 0 unspecified atom stereocenters. The van der Waals surface area contributed by atoms with Crippen LogP contribution in [0.15, 0.2) is 36.9 Å². The van der Waals surface area contributed by atoms with E-state index in [1.807, 2.05) is 0 Å². The molecule has 0 amide bonds. The fourth-order valence-electron chi connectivity index (χ4n) is 1.48. The SMILES string of the molecule is C=CC(=O)OCCCCCC(=O)Oc1ccc(O)cc1. The molecule has 5 heteroatoms. The van der Waals surface area contributed by atoms with Gasteiger partial charge in [0.05, 0.1) is 6.61 Å². The average molecular weight is 278 g/mol. The van der Waals surface area contributed by atoms with E-state index >= 15 is 0 Å². The lowest BCUT2D eigenvalue weighted by Crippen LogP contribution is -2.07. The van der Waals surface area contributed by atoms with E-state index in [0.717, 1.165) is 12.5 Å². The summed E-state index contributed by atoms with van der Waals surface area (Å²) >= 11 is 0. The first kappa shape index (κ1) is 15.8. The summed E-state index contributed by atoms with van der Waals surface area (Å²) in [4.78, 5) is 22.2. The molecule has 0 saturated heterocycles. The highest BCUT2D eigenvalue weighted by molar-refractivity contribution is 5.81. The van der Waals surface area contributed by atoms with Crippen molar-refractivity contribution >= 4 is 11.9 Å². The molecule has 0 saturated carbocycles. The summed E-state index contributed by atoms with van der Waals surface area (Å²) in [5.41, 5.74) is 0. The summed E-state index contributed by atoms with van der Waals surface area (Å²) in [6.07, 6.45) is 3.56. The molecule has 0 fully saturated rings. The Morgan fingerprint density at radius 3 is 2.50 bits per heavy atom. The monoisotopic (exact) mass is 278 g/mol. The number of rotatable bonds is 8. The van der Waals surface area contributed by atoms with Gasteiger partial charge in [-0.3, -0.25) is 4.79 Å². The third kappa shape index (κ3) is 6.58. The van der Waals surface area contributed by atoms with E-state index in [-0.39, 0.29) is 11.7 Å². The molecule has 0 atom stereocenters. The van der Waals surface area contributed by atoms with Crippen molar-refractivity contribution in [1.82, 2.24) is 0 Å². The van der Waals surface area contributed by atoms with Crippen molar-refractivity contribution < 1.29 is 24.2 Å². The zero-order valence-corrected chi connectivity index (χ0v) is 11.2. The highest BCUT2D eigenvalue weighted by Crippen LogP contribution is 2.16. The van der Waals surface area contributed by atoms with Gasteiger partial charge in [-0.1, -0.05) is 6.58 Å². The molecule has 0 bridgehead atoms. The molecule has 0 aromatic heterocycles. The first-order valence-electron chi connectivity index (χ1n) is 6.40. The number of carbonyl (C=O) groups excluding carboxylic acids is 2. The predicted octanol–water partition coefficient (Wildman–Crippen LogP) is 2.59. The fourth-order valence-corrected chi connectivity index (χ4v) is 1.48. The lowest BCUT2D eigenvalue weighted by Gasteiger charge is -2.04. The van der Waals surface area contributed by atoms with Crippen molar-refractivity contribution in [2.24, 2.45) is 0 Å². The third-order valence-corrected chi connectivity index (χ3v) is 2.50. The molecule has 0 spiro atoms. The van der Waals surface area contributed by atoms with Crippen LogP contribution < -0.4 is 4.74 Å². The second-order valence-corrected chi connectivity index (χ2v) is 4.15. The van der Waals surface area contributed by atoms with Gasteiger partial charge in [0.25, 0.3) is 0 Å². The molecular weight excluding hydrogens is 260 g/mol. The molecule has 0 heterocycles. The van der Waals surface area contributed by atoms with E-state index in [1.165, 1.54) is 24.3 Å². The van der Waals surface area contributed by atoms with Gasteiger partial charge in [0.1, 0.15) is 11.5 Å². The molecule has 0 radical (unpaired) electrons. The van der Waals surface area contributed by atoms with Gasteiger partial charge in [0, 0.05) is 12.5 Å². The second-order valence-electron chi connectivity index (χ2n) is 4.15. The Hall–Kier alpha value is -2.30. The fraction of sp³-hybridized carbons (Fsp3) is 0.333. The quantitative estimate of drug-likeness (QED) is 0.342. The summed E-state index contributed by atoms with van der Waals surface area (Å²) in [5.74, 6) is -0.220. The summed E-state index contributed by atoms with van der Waals surface area (Å²) in [6.45, 7) is 3.62. The Morgan fingerprint density at radius 2 is 1.85 bits per heavy atom. The van der Waals surface area contributed by atoms with Crippen LogP contribution in [-0.2, 0) is 14.3 Å². The molecule has 20 heavy (non-hydrogen) atoms. The average Bonchev–Trinajstić information content (AvgIpc) is 2.44. The van der Waals surface area contributed by atoms with Crippen LogP contribution in [-0.4, -0.2) is 23.7 Å². The number of ether oxygens (including phenoxy) is 2. The van der Waals surface area contributed by atoms with Crippen LogP contribution in [0.25, 0.3) is 0 Å². The molecule has 1 aromatic rings. The van der Waals surface area contributed by atoms with Crippen LogP contribution in [0.4, 0.5) is 0 Å². The van der Waals surface area contributed by atoms with E-state index in [2.05, 4.69) is 6.58 Å². The normalized spacial score (nSPS) is 9.80. The maximum absolute atomic E-state index is 11.5. The zero-order valence-electron chi connectivity index (χ0n) is 11.2. The number of hydrogen-bond donors (Lipinski definition) is 1. The smallest absolute Gasteiger partial charge is 0.330 e. The van der Waals surface area contributed by atoms with E-state index < -0.39 is 5.97 Å². The van der Waals surface area contributed by atoms with E-state index in [1.54, 1.807) is 0 Å². The van der Waals surface area contributed by atoms with Crippen LogP contribution in [0.5, 0.6) is 11.5 Å². The van der Waals surface area contributed by atoms with E-state index in [9.17, 15) is 9.59 Å². The summed E-state index contributed by atoms with van der Waals surface area (Å²) in [5, 5.41) is 9.09. The molecule has 0 aliphatic heterocycles. The first-order chi connectivity index (χ1) is 9.61. The number of phenols is 1. The van der Waals surface area contributed by atoms with Gasteiger partial charge < -0.3 is 14.6 Å². The Morgan fingerprint density at radius 1 is 1.15 bits per heavy atom. The van der Waals surface area contributed by atoms with Crippen LogP contribution in [0.1, 0.15) is 25.7 Å². The van der Waals surface area contributed by atoms with Crippen molar-refractivity contribution in [1.29, 1.82) is 0 Å². The number of benzene rings is 1. The Bertz CT molecular complexity index is 450. The summed E-state index contributed by atoms with van der Waals surface area (Å²) < 4.78 is 9.89. The Kier molecular flexibility index (Phi) is 6.89. The van der Waals surface area contributed by atoms with Gasteiger partial charge in [0.2, 0.25) is 0 Å².